The number of halogens is 1. The second kappa shape index (κ2) is 4.75. The van der Waals surface area contributed by atoms with Gasteiger partial charge >= 0.3 is 0 Å². The van der Waals surface area contributed by atoms with Crippen LogP contribution in [0.3, 0.4) is 0 Å². The molecular formula is C11H13ClN4O2S. The summed E-state index contributed by atoms with van der Waals surface area (Å²) in [5.41, 5.74) is 6.63. The quantitative estimate of drug-likeness (QED) is 0.904. The van der Waals surface area contributed by atoms with Crippen LogP contribution in [0, 0.1) is 6.92 Å². The van der Waals surface area contributed by atoms with Crippen molar-refractivity contribution in [3.8, 4) is 0 Å². The van der Waals surface area contributed by atoms with Crippen molar-refractivity contribution in [2.75, 3.05) is 10.5 Å². The predicted molar refractivity (Wildman–Crippen MR) is 74.6 cm³/mol. The van der Waals surface area contributed by atoms with Crippen molar-refractivity contribution in [1.29, 1.82) is 0 Å². The Morgan fingerprint density at radius 2 is 2.00 bits per heavy atom. The second-order valence-electron chi connectivity index (χ2n) is 4.01. The van der Waals surface area contributed by atoms with E-state index >= 15 is 0 Å². The van der Waals surface area contributed by atoms with Gasteiger partial charge in [-0.2, -0.15) is 5.10 Å². The number of sulfonamides is 1. The molecule has 102 valence electrons. The smallest absolute Gasteiger partial charge is 0.264 e. The van der Waals surface area contributed by atoms with Crippen molar-refractivity contribution < 1.29 is 8.42 Å². The van der Waals surface area contributed by atoms with E-state index in [1.54, 1.807) is 26.1 Å². The lowest BCUT2D eigenvalue weighted by Gasteiger charge is -2.10. The van der Waals surface area contributed by atoms with Gasteiger partial charge < -0.3 is 5.73 Å². The third-order valence-corrected chi connectivity index (χ3v) is 4.46. The summed E-state index contributed by atoms with van der Waals surface area (Å²) in [7, 11) is -2.19. The van der Waals surface area contributed by atoms with Gasteiger partial charge in [0.05, 0.1) is 16.4 Å². The van der Waals surface area contributed by atoms with E-state index in [9.17, 15) is 8.42 Å². The summed E-state index contributed by atoms with van der Waals surface area (Å²) in [6.07, 6.45) is 0. The summed E-state index contributed by atoms with van der Waals surface area (Å²) >= 11 is 5.89. The van der Waals surface area contributed by atoms with Crippen LogP contribution in [0.15, 0.2) is 29.2 Å². The molecule has 0 bridgehead atoms. The van der Waals surface area contributed by atoms with Gasteiger partial charge in [-0.05, 0) is 19.1 Å². The van der Waals surface area contributed by atoms with E-state index < -0.39 is 10.0 Å². The summed E-state index contributed by atoms with van der Waals surface area (Å²) in [5, 5.41) is 4.19. The fourth-order valence-electron chi connectivity index (χ4n) is 1.64. The lowest BCUT2D eigenvalue weighted by molar-refractivity contribution is 0.600. The highest BCUT2D eigenvalue weighted by Gasteiger charge is 2.21. The minimum absolute atomic E-state index is 0.00470. The molecule has 2 aromatic rings. The number of rotatable bonds is 3. The van der Waals surface area contributed by atoms with E-state index in [2.05, 4.69) is 9.82 Å². The SMILES string of the molecule is Cc1nn(C)c(NS(=O)(=O)c2ccccc2Cl)c1N. The zero-order valence-electron chi connectivity index (χ0n) is 10.4. The van der Waals surface area contributed by atoms with Crippen molar-refractivity contribution in [2.24, 2.45) is 7.05 Å². The number of aryl methyl sites for hydroxylation is 2. The van der Waals surface area contributed by atoms with Crippen molar-refractivity contribution >= 4 is 33.1 Å². The fourth-order valence-corrected chi connectivity index (χ4v) is 3.27. The Morgan fingerprint density at radius 1 is 1.37 bits per heavy atom. The molecule has 0 aliphatic heterocycles. The Labute approximate surface area is 116 Å². The lowest BCUT2D eigenvalue weighted by atomic mass is 10.4. The van der Waals surface area contributed by atoms with E-state index in [1.165, 1.54) is 16.8 Å². The maximum Gasteiger partial charge on any atom is 0.264 e. The van der Waals surface area contributed by atoms with E-state index in [0.29, 0.717) is 5.69 Å². The average Bonchev–Trinajstić information content (AvgIpc) is 2.56. The van der Waals surface area contributed by atoms with Crippen LogP contribution in [0.25, 0.3) is 0 Å². The minimum Gasteiger partial charge on any atom is -0.394 e. The molecule has 2 rings (SSSR count). The van der Waals surface area contributed by atoms with Crippen LogP contribution in [-0.4, -0.2) is 18.2 Å². The van der Waals surface area contributed by atoms with Gasteiger partial charge in [-0.25, -0.2) is 13.1 Å². The number of hydrogen-bond acceptors (Lipinski definition) is 4. The number of benzene rings is 1. The molecular weight excluding hydrogens is 288 g/mol. The van der Waals surface area contributed by atoms with Crippen LogP contribution in [-0.2, 0) is 17.1 Å². The van der Waals surface area contributed by atoms with Gasteiger partial charge in [0, 0.05) is 7.05 Å². The molecule has 1 aromatic heterocycles. The Hall–Kier alpha value is -1.73. The van der Waals surface area contributed by atoms with Gasteiger partial charge in [0.1, 0.15) is 4.90 Å². The third-order valence-electron chi connectivity index (χ3n) is 2.63. The van der Waals surface area contributed by atoms with Crippen LogP contribution in [0.1, 0.15) is 5.69 Å². The Morgan fingerprint density at radius 3 is 2.53 bits per heavy atom. The number of nitrogens with zero attached hydrogens (tertiary/aromatic N) is 2. The maximum atomic E-state index is 12.2. The zero-order valence-corrected chi connectivity index (χ0v) is 12.0. The Bertz CT molecular complexity index is 724. The van der Waals surface area contributed by atoms with E-state index in [-0.39, 0.29) is 21.4 Å². The topological polar surface area (TPSA) is 90.0 Å². The number of aromatic nitrogens is 2. The third kappa shape index (κ3) is 2.52. The highest BCUT2D eigenvalue weighted by molar-refractivity contribution is 7.92. The molecule has 19 heavy (non-hydrogen) atoms. The van der Waals surface area contributed by atoms with Gasteiger partial charge in [-0.1, -0.05) is 23.7 Å². The van der Waals surface area contributed by atoms with Gasteiger partial charge in [0.15, 0.2) is 5.82 Å². The molecule has 0 saturated carbocycles. The lowest BCUT2D eigenvalue weighted by Crippen LogP contribution is -2.16. The summed E-state index contributed by atoms with van der Waals surface area (Å²) in [6.45, 7) is 1.70. The Kier molecular flexibility index (Phi) is 3.42. The first-order valence-corrected chi connectivity index (χ1v) is 7.25. The normalized spacial score (nSPS) is 11.5. The van der Waals surface area contributed by atoms with Crippen molar-refractivity contribution in [3.05, 3.63) is 35.0 Å². The standard InChI is InChI=1S/C11H13ClN4O2S/c1-7-10(13)11(16(2)14-7)15-19(17,18)9-6-4-3-5-8(9)12/h3-6,15H,13H2,1-2H3. The number of nitrogens with two attached hydrogens (primary N) is 1. The summed E-state index contributed by atoms with van der Waals surface area (Å²) in [6, 6.07) is 6.18. The first-order chi connectivity index (χ1) is 8.83. The maximum absolute atomic E-state index is 12.2. The molecule has 1 aromatic carbocycles. The van der Waals surface area contributed by atoms with Gasteiger partial charge in [-0.15, -0.1) is 0 Å². The number of anilines is 2. The van der Waals surface area contributed by atoms with Crippen LogP contribution in [0.2, 0.25) is 5.02 Å². The first kappa shape index (κ1) is 13.7. The molecule has 6 nitrogen and oxygen atoms in total. The van der Waals surface area contributed by atoms with E-state index in [0.717, 1.165) is 0 Å². The minimum atomic E-state index is -3.80. The molecule has 0 fully saturated rings. The van der Waals surface area contributed by atoms with Crippen LogP contribution in [0.5, 0.6) is 0 Å². The van der Waals surface area contributed by atoms with Gasteiger partial charge in [0.25, 0.3) is 10.0 Å². The monoisotopic (exact) mass is 300 g/mol. The number of nitrogens with one attached hydrogen (secondary N) is 1. The molecule has 0 unspecified atom stereocenters. The zero-order chi connectivity index (χ0) is 14.2. The van der Waals surface area contributed by atoms with Crippen molar-refractivity contribution in [2.45, 2.75) is 11.8 Å². The molecule has 8 heteroatoms. The predicted octanol–water partition coefficient (Wildman–Crippen LogP) is 1.76. The number of nitrogen functional groups attached to an aromatic ring is 1. The molecule has 0 amide bonds. The van der Waals surface area contributed by atoms with Crippen LogP contribution in [0.4, 0.5) is 11.5 Å². The first-order valence-electron chi connectivity index (χ1n) is 5.39. The van der Waals surface area contributed by atoms with Gasteiger partial charge in [0.2, 0.25) is 0 Å². The molecule has 0 aliphatic rings. The summed E-state index contributed by atoms with van der Waals surface area (Å²) in [4.78, 5) is -0.00470. The fraction of sp³-hybridized carbons (Fsp3) is 0.182. The van der Waals surface area contributed by atoms with Crippen LogP contribution >= 0.6 is 11.6 Å². The summed E-state index contributed by atoms with van der Waals surface area (Å²) in [5.74, 6) is 0.220. The van der Waals surface area contributed by atoms with Crippen molar-refractivity contribution in [3.63, 3.8) is 0 Å². The highest BCUT2D eigenvalue weighted by Crippen LogP contribution is 2.27. The molecule has 0 saturated heterocycles. The Balaban J connectivity index is 2.46. The number of hydrogen-bond donors (Lipinski definition) is 2. The molecule has 0 atom stereocenters. The molecule has 3 N–H and O–H groups in total. The highest BCUT2D eigenvalue weighted by atomic mass is 35.5. The average molecular weight is 301 g/mol. The van der Waals surface area contributed by atoms with Crippen LogP contribution < -0.4 is 10.5 Å². The molecule has 0 radical (unpaired) electrons. The second-order valence-corrected chi connectivity index (χ2v) is 6.07. The summed E-state index contributed by atoms with van der Waals surface area (Å²) < 4.78 is 28.3. The van der Waals surface area contributed by atoms with E-state index in [4.69, 9.17) is 17.3 Å². The van der Waals surface area contributed by atoms with Gasteiger partial charge in [-0.3, -0.25) is 4.72 Å². The molecule has 0 spiro atoms. The van der Waals surface area contributed by atoms with Crippen molar-refractivity contribution in [1.82, 2.24) is 9.78 Å². The molecule has 0 aliphatic carbocycles. The largest absolute Gasteiger partial charge is 0.394 e. The molecule has 1 heterocycles. The van der Waals surface area contributed by atoms with E-state index in [1.807, 2.05) is 0 Å².